The van der Waals surface area contributed by atoms with E-state index in [1.807, 2.05) is 6.92 Å². The number of fused-ring (bicyclic) bond motifs is 1. The Labute approximate surface area is 186 Å². The highest BCUT2D eigenvalue weighted by molar-refractivity contribution is 6.15. The van der Waals surface area contributed by atoms with Gasteiger partial charge in [0.25, 0.3) is 0 Å². The zero-order valence-corrected chi connectivity index (χ0v) is 18.4. The number of carbonyl (C=O) groups is 1. The van der Waals surface area contributed by atoms with Crippen LogP contribution in [0.15, 0.2) is 47.1 Å². The molecule has 7 heteroatoms. The minimum atomic E-state index is -0.294. The summed E-state index contributed by atoms with van der Waals surface area (Å²) in [7, 11) is 3.04. The Bertz CT molecular complexity index is 1130. The monoisotopic (exact) mass is 437 g/mol. The Morgan fingerprint density at radius 1 is 1.16 bits per heavy atom. The van der Waals surface area contributed by atoms with Gasteiger partial charge in [-0.05, 0) is 56.1 Å². The second kappa shape index (κ2) is 9.36. The number of phenols is 1. The van der Waals surface area contributed by atoms with Crippen molar-refractivity contribution >= 4 is 22.8 Å². The molecule has 1 aromatic heterocycles. The highest BCUT2D eigenvalue weighted by Crippen LogP contribution is 2.47. The molecule has 2 N–H and O–H groups in total. The number of phenolic OH excluding ortho intramolecular Hbond substituents is 1. The highest BCUT2D eigenvalue weighted by atomic mass is 16.5. The molecule has 1 saturated heterocycles. The molecule has 2 atom stereocenters. The molecule has 2 aromatic carbocycles. The number of hydrogen-bond donors (Lipinski definition) is 2. The van der Waals surface area contributed by atoms with Gasteiger partial charge in [-0.15, -0.1) is 0 Å². The third-order valence-electron chi connectivity index (χ3n) is 5.72. The molecule has 2 unspecified atom stereocenters. The summed E-state index contributed by atoms with van der Waals surface area (Å²) in [6.07, 6.45) is 6.54. The second-order valence-electron chi connectivity index (χ2n) is 7.75. The van der Waals surface area contributed by atoms with Gasteiger partial charge in [-0.3, -0.25) is 4.79 Å². The Morgan fingerprint density at radius 3 is 2.56 bits per heavy atom. The van der Waals surface area contributed by atoms with Gasteiger partial charge in [-0.2, -0.15) is 0 Å². The van der Waals surface area contributed by atoms with Crippen molar-refractivity contribution in [3.63, 3.8) is 0 Å². The fraction of sp³-hybridized carbons (Fsp3) is 0.320. The lowest BCUT2D eigenvalue weighted by molar-refractivity contribution is 0.103. The third kappa shape index (κ3) is 4.16. The predicted molar refractivity (Wildman–Crippen MR) is 122 cm³/mol. The van der Waals surface area contributed by atoms with E-state index in [1.165, 1.54) is 26.6 Å². The lowest BCUT2D eigenvalue weighted by atomic mass is 10.0. The van der Waals surface area contributed by atoms with E-state index in [0.717, 1.165) is 24.9 Å². The minimum Gasteiger partial charge on any atom is -0.508 e. The summed E-state index contributed by atoms with van der Waals surface area (Å²) >= 11 is 0. The van der Waals surface area contributed by atoms with Gasteiger partial charge in [-0.1, -0.05) is 18.2 Å². The van der Waals surface area contributed by atoms with Gasteiger partial charge in [0.1, 0.15) is 23.2 Å². The number of benzene rings is 2. The minimum absolute atomic E-state index is 0.162. The molecular formula is C25H27NO6. The van der Waals surface area contributed by atoms with Gasteiger partial charge < -0.3 is 29.1 Å². The van der Waals surface area contributed by atoms with Crippen LogP contribution in [0.1, 0.15) is 35.7 Å². The first kappa shape index (κ1) is 21.8. The van der Waals surface area contributed by atoms with Crippen LogP contribution >= 0.6 is 0 Å². The van der Waals surface area contributed by atoms with E-state index < -0.39 is 0 Å². The standard InChI is InChI=1S/C25H27NO6/c1-15(19-5-4-13-26-19)32-24-21(20(28)11-8-16-6-9-17(27)10-7-16)22(29-2)18-12-14-31-23(18)25(24)30-3/h6-12,14-15,19,26-27H,4-5,13H2,1-3H3/b11-8+. The maximum Gasteiger partial charge on any atom is 0.205 e. The van der Waals surface area contributed by atoms with E-state index >= 15 is 0 Å². The normalized spacial score (nSPS) is 17.0. The Hall–Kier alpha value is -3.45. The van der Waals surface area contributed by atoms with Gasteiger partial charge >= 0.3 is 0 Å². The quantitative estimate of drug-likeness (QED) is 0.394. The number of rotatable bonds is 8. The number of allylic oxidation sites excluding steroid dienone is 1. The molecule has 1 aliphatic rings. The summed E-state index contributed by atoms with van der Waals surface area (Å²) in [5, 5.41) is 13.5. The lowest BCUT2D eigenvalue weighted by Gasteiger charge is -2.24. The topological polar surface area (TPSA) is 90.2 Å². The fourth-order valence-corrected chi connectivity index (χ4v) is 4.07. The van der Waals surface area contributed by atoms with E-state index in [4.69, 9.17) is 18.6 Å². The molecule has 0 spiro atoms. The molecule has 7 nitrogen and oxygen atoms in total. The molecule has 4 rings (SSSR count). The Morgan fingerprint density at radius 2 is 1.91 bits per heavy atom. The molecule has 0 aliphatic carbocycles. The summed E-state index contributed by atoms with van der Waals surface area (Å²) in [5.41, 5.74) is 1.51. The van der Waals surface area contributed by atoms with Crippen LogP contribution in [0, 0.1) is 0 Å². The number of hydrogen-bond acceptors (Lipinski definition) is 7. The maximum absolute atomic E-state index is 13.4. The first-order valence-electron chi connectivity index (χ1n) is 10.6. The van der Waals surface area contributed by atoms with Crippen LogP contribution in [0.3, 0.4) is 0 Å². The number of ketones is 1. The number of furan rings is 1. The number of aromatic hydroxyl groups is 1. The maximum atomic E-state index is 13.4. The van der Waals surface area contributed by atoms with Crippen LogP contribution in [-0.2, 0) is 0 Å². The number of carbonyl (C=O) groups excluding carboxylic acids is 1. The molecule has 2 heterocycles. The smallest absolute Gasteiger partial charge is 0.205 e. The number of methoxy groups -OCH3 is 2. The molecule has 0 bridgehead atoms. The lowest BCUT2D eigenvalue weighted by Crippen LogP contribution is -2.37. The van der Waals surface area contributed by atoms with Gasteiger partial charge in [0.2, 0.25) is 5.75 Å². The average Bonchev–Trinajstić information content (AvgIpc) is 3.50. The van der Waals surface area contributed by atoms with Crippen LogP contribution in [0.5, 0.6) is 23.0 Å². The molecule has 168 valence electrons. The molecule has 1 aliphatic heterocycles. The van der Waals surface area contributed by atoms with E-state index in [1.54, 1.807) is 36.4 Å². The van der Waals surface area contributed by atoms with Crippen molar-refractivity contribution in [3.8, 4) is 23.0 Å². The summed E-state index contributed by atoms with van der Waals surface area (Å²) in [6, 6.07) is 8.49. The van der Waals surface area contributed by atoms with Crippen LogP contribution in [0.4, 0.5) is 0 Å². The molecule has 1 fully saturated rings. The van der Waals surface area contributed by atoms with Crippen molar-refractivity contribution in [1.82, 2.24) is 5.32 Å². The van der Waals surface area contributed by atoms with Crippen molar-refractivity contribution < 1.29 is 28.5 Å². The van der Waals surface area contributed by atoms with Gasteiger partial charge in [-0.25, -0.2) is 0 Å². The van der Waals surface area contributed by atoms with Gasteiger partial charge in [0, 0.05) is 6.04 Å². The van der Waals surface area contributed by atoms with Crippen LogP contribution in [-0.4, -0.2) is 43.8 Å². The van der Waals surface area contributed by atoms with Crippen LogP contribution in [0.25, 0.3) is 17.0 Å². The molecule has 0 radical (unpaired) electrons. The van der Waals surface area contributed by atoms with E-state index in [2.05, 4.69) is 5.32 Å². The first-order valence-corrected chi connectivity index (χ1v) is 10.6. The number of ether oxygens (including phenoxy) is 3. The molecular weight excluding hydrogens is 410 g/mol. The molecule has 0 amide bonds. The van der Waals surface area contributed by atoms with E-state index in [-0.39, 0.29) is 29.2 Å². The SMILES string of the molecule is COc1c(C(=O)/C=C/c2ccc(O)cc2)c(OC(C)C2CCCN2)c(OC)c2occc12. The Kier molecular flexibility index (Phi) is 6.37. The Balaban J connectivity index is 1.80. The second-order valence-corrected chi connectivity index (χ2v) is 7.75. The zero-order chi connectivity index (χ0) is 22.7. The number of nitrogens with one attached hydrogen (secondary N) is 1. The molecule has 0 saturated carbocycles. The summed E-state index contributed by atoms with van der Waals surface area (Å²) in [5.74, 6) is 0.898. The van der Waals surface area contributed by atoms with E-state index in [9.17, 15) is 9.90 Å². The van der Waals surface area contributed by atoms with Gasteiger partial charge in [0.15, 0.2) is 17.1 Å². The van der Waals surface area contributed by atoms with Crippen LogP contribution in [0.2, 0.25) is 0 Å². The van der Waals surface area contributed by atoms with Gasteiger partial charge in [0.05, 0.1) is 25.9 Å². The fourth-order valence-electron chi connectivity index (χ4n) is 4.07. The first-order chi connectivity index (χ1) is 15.5. The highest BCUT2D eigenvalue weighted by Gasteiger charge is 2.31. The molecule has 3 aromatic rings. The van der Waals surface area contributed by atoms with Crippen molar-refractivity contribution in [2.24, 2.45) is 0 Å². The zero-order valence-electron chi connectivity index (χ0n) is 18.4. The summed E-state index contributed by atoms with van der Waals surface area (Å²) in [4.78, 5) is 13.4. The summed E-state index contributed by atoms with van der Waals surface area (Å²) in [6.45, 7) is 2.92. The van der Waals surface area contributed by atoms with Crippen molar-refractivity contribution in [2.45, 2.75) is 31.9 Å². The molecule has 32 heavy (non-hydrogen) atoms. The largest absolute Gasteiger partial charge is 0.508 e. The third-order valence-corrected chi connectivity index (χ3v) is 5.72. The summed E-state index contributed by atoms with van der Waals surface area (Å²) < 4.78 is 23.3. The van der Waals surface area contributed by atoms with E-state index in [0.29, 0.717) is 28.2 Å². The van der Waals surface area contributed by atoms with Crippen molar-refractivity contribution in [2.75, 3.05) is 20.8 Å². The van der Waals surface area contributed by atoms with Crippen LogP contribution < -0.4 is 19.5 Å². The van der Waals surface area contributed by atoms with Crippen molar-refractivity contribution in [3.05, 3.63) is 53.8 Å². The van der Waals surface area contributed by atoms with Crippen molar-refractivity contribution in [1.29, 1.82) is 0 Å². The average molecular weight is 437 g/mol. The predicted octanol–water partition coefficient (Wildman–Crippen LogP) is 4.57.